The molecule has 0 amide bonds. The highest BCUT2D eigenvalue weighted by atomic mass is 35.5. The molecule has 0 saturated carbocycles. The third kappa shape index (κ3) is 4.70. The minimum atomic E-state index is 0.721. The van der Waals surface area contributed by atoms with Gasteiger partial charge in [0.25, 0.3) is 0 Å². The third-order valence-corrected chi connectivity index (χ3v) is 2.58. The average molecular weight is 244 g/mol. The maximum Gasteiger partial charge on any atom is 0.0451 e. The van der Waals surface area contributed by atoms with Crippen molar-refractivity contribution < 1.29 is 0 Å². The molecule has 1 nitrogen and oxygen atoms in total. The zero-order chi connectivity index (χ0) is 11.3. The van der Waals surface area contributed by atoms with Crippen molar-refractivity contribution in [1.82, 2.24) is 5.32 Å². The molecule has 1 N–H and O–H groups in total. The molecule has 0 aromatic heterocycles. The molecule has 1 aromatic carbocycles. The van der Waals surface area contributed by atoms with Gasteiger partial charge in [-0.25, -0.2) is 0 Å². The number of benzene rings is 1. The van der Waals surface area contributed by atoms with Crippen molar-refractivity contribution in [2.75, 3.05) is 6.54 Å². The topological polar surface area (TPSA) is 12.0 Å². The van der Waals surface area contributed by atoms with Gasteiger partial charge in [0.15, 0.2) is 0 Å². The van der Waals surface area contributed by atoms with E-state index in [0.717, 1.165) is 28.7 Å². The lowest BCUT2D eigenvalue weighted by Gasteiger charge is -2.05. The van der Waals surface area contributed by atoms with E-state index in [2.05, 4.69) is 25.2 Å². The molecule has 0 atom stereocenters. The molecular formula is C12H15Cl2N. The highest BCUT2D eigenvalue weighted by Crippen LogP contribution is 2.20. The molecular weight excluding hydrogens is 229 g/mol. The summed E-state index contributed by atoms with van der Waals surface area (Å²) in [6, 6.07) is 5.50. The van der Waals surface area contributed by atoms with E-state index in [1.165, 1.54) is 5.57 Å². The first kappa shape index (κ1) is 12.6. The molecule has 0 aliphatic heterocycles. The van der Waals surface area contributed by atoms with Crippen molar-refractivity contribution in [2.45, 2.75) is 20.4 Å². The Morgan fingerprint density at radius 1 is 1.33 bits per heavy atom. The van der Waals surface area contributed by atoms with Crippen molar-refractivity contribution in [1.29, 1.82) is 0 Å². The maximum absolute atomic E-state index is 6.02. The van der Waals surface area contributed by atoms with Gasteiger partial charge in [0, 0.05) is 23.1 Å². The van der Waals surface area contributed by atoms with E-state index >= 15 is 0 Å². The van der Waals surface area contributed by atoms with Crippen LogP contribution in [0.5, 0.6) is 0 Å². The summed E-state index contributed by atoms with van der Waals surface area (Å²) < 4.78 is 0. The molecule has 15 heavy (non-hydrogen) atoms. The van der Waals surface area contributed by atoms with Crippen molar-refractivity contribution >= 4 is 23.2 Å². The number of halogens is 2. The SMILES string of the molecule is CC(C)=CCNCc1cc(Cl)ccc1Cl. The van der Waals surface area contributed by atoms with Crippen LogP contribution < -0.4 is 5.32 Å². The predicted octanol–water partition coefficient (Wildman–Crippen LogP) is 4.05. The van der Waals surface area contributed by atoms with Crippen LogP contribution in [-0.2, 0) is 6.54 Å². The largest absolute Gasteiger partial charge is 0.309 e. The maximum atomic E-state index is 6.02. The van der Waals surface area contributed by atoms with Crippen LogP contribution in [-0.4, -0.2) is 6.54 Å². The quantitative estimate of drug-likeness (QED) is 0.622. The van der Waals surface area contributed by atoms with Crippen LogP contribution in [0, 0.1) is 0 Å². The van der Waals surface area contributed by atoms with E-state index in [1.54, 1.807) is 6.07 Å². The van der Waals surface area contributed by atoms with Crippen molar-refractivity contribution in [3.8, 4) is 0 Å². The average Bonchev–Trinajstić information content (AvgIpc) is 2.17. The van der Waals surface area contributed by atoms with E-state index in [4.69, 9.17) is 23.2 Å². The first-order valence-corrected chi connectivity index (χ1v) is 5.63. The summed E-state index contributed by atoms with van der Waals surface area (Å²) in [4.78, 5) is 0. The van der Waals surface area contributed by atoms with Crippen LogP contribution in [0.1, 0.15) is 19.4 Å². The Bertz CT molecular complexity index is 355. The number of nitrogens with one attached hydrogen (secondary N) is 1. The Hall–Kier alpha value is -0.500. The Morgan fingerprint density at radius 3 is 2.73 bits per heavy atom. The Labute approximate surface area is 101 Å². The van der Waals surface area contributed by atoms with E-state index < -0.39 is 0 Å². The fourth-order valence-electron chi connectivity index (χ4n) is 1.16. The molecule has 0 fully saturated rings. The minimum Gasteiger partial charge on any atom is -0.309 e. The Balaban J connectivity index is 2.50. The Morgan fingerprint density at radius 2 is 2.07 bits per heavy atom. The summed E-state index contributed by atoms with van der Waals surface area (Å²) in [5.74, 6) is 0. The van der Waals surface area contributed by atoms with Gasteiger partial charge in [0.1, 0.15) is 0 Å². The first-order valence-electron chi connectivity index (χ1n) is 4.87. The van der Waals surface area contributed by atoms with Gasteiger partial charge in [-0.15, -0.1) is 0 Å². The number of allylic oxidation sites excluding steroid dienone is 1. The van der Waals surface area contributed by atoms with E-state index in [-0.39, 0.29) is 0 Å². The summed E-state index contributed by atoms with van der Waals surface area (Å²) in [6.07, 6.45) is 2.14. The van der Waals surface area contributed by atoms with Gasteiger partial charge in [-0.05, 0) is 37.6 Å². The second-order valence-corrected chi connectivity index (χ2v) is 4.49. The number of rotatable bonds is 4. The lowest BCUT2D eigenvalue weighted by molar-refractivity contribution is 0.757. The molecule has 1 aromatic rings. The number of hydrogen-bond acceptors (Lipinski definition) is 1. The van der Waals surface area contributed by atoms with Gasteiger partial charge in [0.05, 0.1) is 0 Å². The molecule has 0 radical (unpaired) electrons. The molecule has 0 aliphatic carbocycles. The van der Waals surface area contributed by atoms with Gasteiger partial charge < -0.3 is 5.32 Å². The normalized spacial score (nSPS) is 10.1. The fraction of sp³-hybridized carbons (Fsp3) is 0.333. The van der Waals surface area contributed by atoms with Crippen molar-refractivity contribution in [2.24, 2.45) is 0 Å². The molecule has 1 rings (SSSR count). The first-order chi connectivity index (χ1) is 7.09. The third-order valence-electron chi connectivity index (χ3n) is 1.98. The molecule has 0 saturated heterocycles. The molecule has 0 bridgehead atoms. The summed E-state index contributed by atoms with van der Waals surface area (Å²) in [7, 11) is 0. The molecule has 0 heterocycles. The smallest absolute Gasteiger partial charge is 0.0451 e. The van der Waals surface area contributed by atoms with Crippen LogP contribution in [0.4, 0.5) is 0 Å². The van der Waals surface area contributed by atoms with Gasteiger partial charge >= 0.3 is 0 Å². The highest BCUT2D eigenvalue weighted by Gasteiger charge is 1.99. The number of hydrogen-bond donors (Lipinski definition) is 1. The molecule has 0 spiro atoms. The standard InChI is InChI=1S/C12H15Cl2N/c1-9(2)5-6-15-8-10-7-11(13)3-4-12(10)14/h3-5,7,15H,6,8H2,1-2H3. The zero-order valence-corrected chi connectivity index (χ0v) is 10.5. The molecule has 3 heteroatoms. The lowest BCUT2D eigenvalue weighted by atomic mass is 10.2. The van der Waals surface area contributed by atoms with Gasteiger partial charge in [-0.2, -0.15) is 0 Å². The van der Waals surface area contributed by atoms with Gasteiger partial charge in [0.2, 0.25) is 0 Å². The van der Waals surface area contributed by atoms with Crippen LogP contribution in [0.3, 0.4) is 0 Å². The second-order valence-electron chi connectivity index (χ2n) is 3.65. The molecule has 0 unspecified atom stereocenters. The van der Waals surface area contributed by atoms with Gasteiger partial charge in [-0.3, -0.25) is 0 Å². The van der Waals surface area contributed by atoms with Crippen molar-refractivity contribution in [3.63, 3.8) is 0 Å². The predicted molar refractivity (Wildman–Crippen MR) is 67.6 cm³/mol. The van der Waals surface area contributed by atoms with E-state index in [1.807, 2.05) is 12.1 Å². The summed E-state index contributed by atoms with van der Waals surface area (Å²) in [6.45, 7) is 5.75. The van der Waals surface area contributed by atoms with E-state index in [0.29, 0.717) is 0 Å². The molecule has 82 valence electrons. The second kappa shape index (κ2) is 6.16. The minimum absolute atomic E-state index is 0.721. The van der Waals surface area contributed by atoms with Crippen molar-refractivity contribution in [3.05, 3.63) is 45.5 Å². The van der Waals surface area contributed by atoms with Gasteiger partial charge in [-0.1, -0.05) is 34.9 Å². The fourth-order valence-corrected chi connectivity index (χ4v) is 1.54. The van der Waals surface area contributed by atoms with Crippen LogP contribution in [0.15, 0.2) is 29.8 Å². The lowest BCUT2D eigenvalue weighted by Crippen LogP contribution is -2.13. The van der Waals surface area contributed by atoms with E-state index in [9.17, 15) is 0 Å². The summed E-state index contributed by atoms with van der Waals surface area (Å²) >= 11 is 11.9. The monoisotopic (exact) mass is 243 g/mol. The summed E-state index contributed by atoms with van der Waals surface area (Å²) in [5, 5.41) is 4.76. The highest BCUT2D eigenvalue weighted by molar-refractivity contribution is 6.33. The van der Waals surface area contributed by atoms with Crippen LogP contribution in [0.25, 0.3) is 0 Å². The zero-order valence-electron chi connectivity index (χ0n) is 8.98. The Kier molecular flexibility index (Phi) is 5.16. The van der Waals surface area contributed by atoms with Crippen LogP contribution in [0.2, 0.25) is 10.0 Å². The molecule has 0 aliphatic rings. The summed E-state index contributed by atoms with van der Waals surface area (Å²) in [5.41, 5.74) is 2.34. The van der Waals surface area contributed by atoms with Crippen LogP contribution >= 0.6 is 23.2 Å².